The maximum atomic E-state index is 4.38. The number of anilines is 1. The molecule has 0 radical (unpaired) electrons. The molecule has 0 saturated heterocycles. The fraction of sp³-hybridized carbons (Fsp3) is 0.308. The van der Waals surface area contributed by atoms with E-state index in [-0.39, 0.29) is 22.5 Å². The van der Waals surface area contributed by atoms with Crippen LogP contribution in [0.3, 0.4) is 0 Å². The molecule has 0 amide bonds. The molecule has 0 atom stereocenters. The zero-order valence-corrected chi connectivity index (χ0v) is 11.5. The van der Waals surface area contributed by atoms with E-state index in [4.69, 9.17) is 0 Å². The Morgan fingerprint density at radius 3 is 2.44 bits per heavy atom. The van der Waals surface area contributed by atoms with E-state index in [2.05, 4.69) is 43.2 Å². The summed E-state index contributed by atoms with van der Waals surface area (Å²) in [5.41, 5.74) is 0.0388. The summed E-state index contributed by atoms with van der Waals surface area (Å²) >= 11 is 0. The Hall–Kier alpha value is -1.09. The number of aromatic nitrogens is 1. The Labute approximate surface area is 107 Å². The second-order valence-electron chi connectivity index (χ2n) is 4.76. The zero-order chi connectivity index (χ0) is 10.9. The van der Waals surface area contributed by atoms with E-state index in [9.17, 15) is 0 Å². The molecule has 86 valence electrons. The molecule has 0 aliphatic carbocycles. The molecule has 3 heteroatoms. The van der Waals surface area contributed by atoms with Crippen molar-refractivity contribution < 1.29 is 0 Å². The van der Waals surface area contributed by atoms with Gasteiger partial charge in [0.25, 0.3) is 0 Å². The van der Waals surface area contributed by atoms with Crippen LogP contribution in [0.25, 0.3) is 10.8 Å². The molecule has 1 heterocycles. The van der Waals surface area contributed by atoms with Crippen LogP contribution in [-0.4, -0.2) is 10.5 Å². The van der Waals surface area contributed by atoms with Gasteiger partial charge in [-0.25, -0.2) is 4.98 Å². The van der Waals surface area contributed by atoms with Gasteiger partial charge in [0.1, 0.15) is 5.82 Å². The number of fused-ring (bicyclic) bond motifs is 1. The topological polar surface area (TPSA) is 24.9 Å². The lowest BCUT2D eigenvalue weighted by Crippen LogP contribution is -2.26. The van der Waals surface area contributed by atoms with Crippen LogP contribution in [0.4, 0.5) is 5.82 Å². The molecule has 1 aromatic carbocycles. The van der Waals surface area contributed by atoms with E-state index in [1.807, 2.05) is 24.4 Å². The highest BCUT2D eigenvalue weighted by molar-refractivity contribution is 8.93. The van der Waals surface area contributed by atoms with Crippen molar-refractivity contribution >= 4 is 33.6 Å². The largest absolute Gasteiger partial charge is 0.365 e. The van der Waals surface area contributed by atoms with Crippen molar-refractivity contribution in [2.45, 2.75) is 26.3 Å². The SMILES string of the molecule is Br.CC(C)(C)Nc1nccc2ccccc12. The van der Waals surface area contributed by atoms with Crippen molar-refractivity contribution in [3.05, 3.63) is 36.5 Å². The van der Waals surface area contributed by atoms with Gasteiger partial charge >= 0.3 is 0 Å². The first-order chi connectivity index (χ1) is 7.06. The van der Waals surface area contributed by atoms with Gasteiger partial charge in [-0.1, -0.05) is 24.3 Å². The Morgan fingerprint density at radius 1 is 1.06 bits per heavy atom. The zero-order valence-electron chi connectivity index (χ0n) is 9.82. The van der Waals surface area contributed by atoms with E-state index in [0.717, 1.165) is 5.82 Å². The van der Waals surface area contributed by atoms with Crippen LogP contribution in [0.15, 0.2) is 36.5 Å². The number of hydrogen-bond donors (Lipinski definition) is 1. The molecule has 2 nitrogen and oxygen atoms in total. The minimum absolute atomic E-state index is 0. The van der Waals surface area contributed by atoms with E-state index < -0.39 is 0 Å². The molecule has 0 fully saturated rings. The molecule has 2 aromatic rings. The van der Waals surface area contributed by atoms with Crippen LogP contribution in [0.1, 0.15) is 20.8 Å². The lowest BCUT2D eigenvalue weighted by Gasteiger charge is -2.22. The fourth-order valence-corrected chi connectivity index (χ4v) is 1.57. The van der Waals surface area contributed by atoms with Crippen LogP contribution in [0.2, 0.25) is 0 Å². The standard InChI is InChI=1S/C13H16N2.BrH/c1-13(2,3)15-12-11-7-5-4-6-10(11)8-9-14-12;/h4-9H,1-3H3,(H,14,15);1H. The highest BCUT2D eigenvalue weighted by Crippen LogP contribution is 2.22. The van der Waals surface area contributed by atoms with Gasteiger partial charge in [0.15, 0.2) is 0 Å². The normalized spacial score (nSPS) is 10.9. The van der Waals surface area contributed by atoms with Gasteiger partial charge < -0.3 is 5.32 Å². The summed E-state index contributed by atoms with van der Waals surface area (Å²) in [6.07, 6.45) is 1.84. The maximum absolute atomic E-state index is 4.38. The molecule has 0 aliphatic rings. The Morgan fingerprint density at radius 2 is 1.75 bits per heavy atom. The van der Waals surface area contributed by atoms with Gasteiger partial charge in [0, 0.05) is 17.1 Å². The average Bonchev–Trinajstić information content (AvgIpc) is 2.16. The van der Waals surface area contributed by atoms with Crippen LogP contribution in [0, 0.1) is 0 Å². The monoisotopic (exact) mass is 280 g/mol. The molecule has 1 aromatic heterocycles. The van der Waals surface area contributed by atoms with Crippen molar-refractivity contribution in [3.63, 3.8) is 0 Å². The third-order valence-electron chi connectivity index (χ3n) is 2.17. The Kier molecular flexibility index (Phi) is 3.92. The van der Waals surface area contributed by atoms with Gasteiger partial charge in [-0.05, 0) is 32.2 Å². The quantitative estimate of drug-likeness (QED) is 0.853. The van der Waals surface area contributed by atoms with Crippen molar-refractivity contribution in [2.24, 2.45) is 0 Å². The minimum Gasteiger partial charge on any atom is -0.365 e. The van der Waals surface area contributed by atoms with Gasteiger partial charge in [0.2, 0.25) is 0 Å². The second-order valence-corrected chi connectivity index (χ2v) is 4.76. The highest BCUT2D eigenvalue weighted by Gasteiger charge is 2.11. The summed E-state index contributed by atoms with van der Waals surface area (Å²) < 4.78 is 0. The first-order valence-electron chi connectivity index (χ1n) is 5.18. The summed E-state index contributed by atoms with van der Waals surface area (Å²) in [5.74, 6) is 0.959. The predicted octanol–water partition coefficient (Wildman–Crippen LogP) is 4.02. The van der Waals surface area contributed by atoms with Gasteiger partial charge in [-0.3, -0.25) is 0 Å². The summed E-state index contributed by atoms with van der Waals surface area (Å²) in [5, 5.41) is 5.81. The number of nitrogens with zero attached hydrogens (tertiary/aromatic N) is 1. The summed E-state index contributed by atoms with van der Waals surface area (Å²) in [7, 11) is 0. The van der Waals surface area contributed by atoms with E-state index >= 15 is 0 Å². The van der Waals surface area contributed by atoms with E-state index in [1.54, 1.807) is 0 Å². The van der Waals surface area contributed by atoms with E-state index in [1.165, 1.54) is 10.8 Å². The van der Waals surface area contributed by atoms with Crippen LogP contribution in [-0.2, 0) is 0 Å². The van der Waals surface area contributed by atoms with Crippen LogP contribution >= 0.6 is 17.0 Å². The summed E-state index contributed by atoms with van der Waals surface area (Å²) in [6, 6.07) is 10.3. The highest BCUT2D eigenvalue weighted by atomic mass is 79.9. The van der Waals surface area contributed by atoms with Crippen molar-refractivity contribution in [1.82, 2.24) is 4.98 Å². The number of rotatable bonds is 1. The first kappa shape index (κ1) is 13.0. The van der Waals surface area contributed by atoms with Gasteiger partial charge in [-0.2, -0.15) is 0 Å². The first-order valence-corrected chi connectivity index (χ1v) is 5.18. The number of pyridine rings is 1. The number of nitrogens with one attached hydrogen (secondary N) is 1. The lowest BCUT2D eigenvalue weighted by molar-refractivity contribution is 0.631. The van der Waals surface area contributed by atoms with Crippen molar-refractivity contribution in [3.8, 4) is 0 Å². The van der Waals surface area contributed by atoms with Gasteiger partial charge in [0.05, 0.1) is 0 Å². The molecule has 0 saturated carbocycles. The maximum Gasteiger partial charge on any atom is 0.134 e. The molecular formula is C13H17BrN2. The van der Waals surface area contributed by atoms with Gasteiger partial charge in [-0.15, -0.1) is 17.0 Å². The summed E-state index contributed by atoms with van der Waals surface area (Å²) in [6.45, 7) is 6.41. The molecule has 0 spiro atoms. The Bertz CT molecular complexity index is 469. The predicted molar refractivity (Wildman–Crippen MR) is 75.4 cm³/mol. The third kappa shape index (κ3) is 2.95. The van der Waals surface area contributed by atoms with E-state index in [0.29, 0.717) is 0 Å². The molecule has 1 N–H and O–H groups in total. The van der Waals surface area contributed by atoms with Crippen LogP contribution in [0.5, 0.6) is 0 Å². The van der Waals surface area contributed by atoms with Crippen LogP contribution < -0.4 is 5.32 Å². The molecule has 0 bridgehead atoms. The second kappa shape index (κ2) is 4.83. The Balaban J connectivity index is 0.00000128. The molecule has 16 heavy (non-hydrogen) atoms. The third-order valence-corrected chi connectivity index (χ3v) is 2.17. The van der Waals surface area contributed by atoms with Crippen molar-refractivity contribution in [1.29, 1.82) is 0 Å². The number of hydrogen-bond acceptors (Lipinski definition) is 2. The summed E-state index contributed by atoms with van der Waals surface area (Å²) in [4.78, 5) is 4.38. The minimum atomic E-state index is 0. The molecule has 0 unspecified atom stereocenters. The molecule has 0 aliphatic heterocycles. The average molecular weight is 281 g/mol. The smallest absolute Gasteiger partial charge is 0.134 e. The number of benzene rings is 1. The fourth-order valence-electron chi connectivity index (χ4n) is 1.57. The molecular weight excluding hydrogens is 264 g/mol. The molecule has 2 rings (SSSR count). The lowest BCUT2D eigenvalue weighted by atomic mass is 10.1. The number of halogens is 1. The van der Waals surface area contributed by atoms with Crippen molar-refractivity contribution in [2.75, 3.05) is 5.32 Å².